The second-order valence-corrected chi connectivity index (χ2v) is 2.60. The molecule has 0 N–H and O–H groups in total. The van der Waals surface area contributed by atoms with Crippen LogP contribution in [0.15, 0.2) is 30.3 Å². The molecule has 1 rings (SSSR count). The van der Waals surface area contributed by atoms with Crippen LogP contribution in [0.4, 0.5) is 0 Å². The van der Waals surface area contributed by atoms with Crippen molar-refractivity contribution in [2.45, 2.75) is 6.92 Å². The van der Waals surface area contributed by atoms with Gasteiger partial charge in [-0.05, 0) is 19.1 Å². The van der Waals surface area contributed by atoms with E-state index in [9.17, 15) is 4.79 Å². The first-order valence-corrected chi connectivity index (χ1v) is 4.50. The lowest BCUT2D eigenvalue weighted by molar-refractivity contribution is -0.131. The summed E-state index contributed by atoms with van der Waals surface area (Å²) < 4.78 is 9.97. The standard InChI is InChI=1S/C11H13O3/c1-2-13-9-8-11(12)14-10-6-4-3-5-7-10/h3-8H,2,9H2,1H3. The third-order valence-corrected chi connectivity index (χ3v) is 1.53. The molecule has 0 aliphatic rings. The normalized spacial score (nSPS) is 9.79. The summed E-state index contributed by atoms with van der Waals surface area (Å²) in [6.45, 7) is 2.76. The molecule has 0 unspecified atom stereocenters. The average Bonchev–Trinajstić information content (AvgIpc) is 2.20. The second kappa shape index (κ2) is 6.16. The highest BCUT2D eigenvalue weighted by Gasteiger charge is 2.03. The van der Waals surface area contributed by atoms with Crippen molar-refractivity contribution < 1.29 is 14.3 Å². The van der Waals surface area contributed by atoms with Crippen LogP contribution >= 0.6 is 0 Å². The van der Waals surface area contributed by atoms with E-state index in [1.165, 1.54) is 6.42 Å². The Balaban J connectivity index is 2.27. The summed E-state index contributed by atoms with van der Waals surface area (Å²) in [6.07, 6.45) is 1.37. The Labute approximate surface area is 83.6 Å². The number of hydrogen-bond donors (Lipinski definition) is 0. The summed E-state index contributed by atoms with van der Waals surface area (Å²) in [4.78, 5) is 11.1. The topological polar surface area (TPSA) is 35.5 Å². The first kappa shape index (κ1) is 10.7. The van der Waals surface area contributed by atoms with E-state index in [2.05, 4.69) is 0 Å². The van der Waals surface area contributed by atoms with E-state index in [1.807, 2.05) is 25.1 Å². The van der Waals surface area contributed by atoms with E-state index >= 15 is 0 Å². The number of para-hydroxylation sites is 1. The average molecular weight is 193 g/mol. The Morgan fingerprint density at radius 2 is 2.07 bits per heavy atom. The quantitative estimate of drug-likeness (QED) is 0.406. The number of benzene rings is 1. The van der Waals surface area contributed by atoms with Crippen LogP contribution < -0.4 is 4.74 Å². The van der Waals surface area contributed by atoms with Crippen LogP contribution in [0, 0.1) is 6.42 Å². The summed E-state index contributed by atoms with van der Waals surface area (Å²) in [5.41, 5.74) is 0. The van der Waals surface area contributed by atoms with Crippen LogP contribution in [0.5, 0.6) is 5.75 Å². The molecule has 3 heteroatoms. The zero-order valence-corrected chi connectivity index (χ0v) is 8.10. The molecular formula is C11H13O3. The fourth-order valence-electron chi connectivity index (χ4n) is 0.891. The van der Waals surface area contributed by atoms with Crippen molar-refractivity contribution in [2.75, 3.05) is 13.2 Å². The fraction of sp³-hybridized carbons (Fsp3) is 0.273. The van der Waals surface area contributed by atoms with E-state index in [1.54, 1.807) is 12.1 Å². The predicted molar refractivity (Wildman–Crippen MR) is 52.9 cm³/mol. The highest BCUT2D eigenvalue weighted by Crippen LogP contribution is 2.08. The molecule has 0 heterocycles. The third kappa shape index (κ3) is 4.05. The van der Waals surface area contributed by atoms with Gasteiger partial charge in [-0.1, -0.05) is 18.2 Å². The van der Waals surface area contributed by atoms with Crippen molar-refractivity contribution >= 4 is 5.97 Å². The van der Waals surface area contributed by atoms with Gasteiger partial charge in [0.1, 0.15) is 5.75 Å². The zero-order chi connectivity index (χ0) is 10.2. The van der Waals surface area contributed by atoms with E-state index in [4.69, 9.17) is 9.47 Å². The first-order chi connectivity index (χ1) is 6.83. The molecule has 3 nitrogen and oxygen atoms in total. The molecule has 0 atom stereocenters. The summed E-state index contributed by atoms with van der Waals surface area (Å²) >= 11 is 0. The van der Waals surface area contributed by atoms with Gasteiger partial charge in [-0.15, -0.1) is 0 Å². The van der Waals surface area contributed by atoms with Crippen LogP contribution in [0.25, 0.3) is 0 Å². The van der Waals surface area contributed by atoms with Crippen molar-refractivity contribution in [3.05, 3.63) is 36.8 Å². The fourth-order valence-corrected chi connectivity index (χ4v) is 0.891. The number of esters is 1. The minimum Gasteiger partial charge on any atom is -0.426 e. The lowest BCUT2D eigenvalue weighted by atomic mass is 10.3. The number of carbonyl (C=O) groups excluding carboxylic acids is 1. The summed E-state index contributed by atoms with van der Waals surface area (Å²) in [6, 6.07) is 8.94. The second-order valence-electron chi connectivity index (χ2n) is 2.60. The molecule has 0 aliphatic carbocycles. The maximum atomic E-state index is 11.1. The van der Waals surface area contributed by atoms with Crippen molar-refractivity contribution in [1.82, 2.24) is 0 Å². The van der Waals surface area contributed by atoms with Crippen LogP contribution in [0.2, 0.25) is 0 Å². The van der Waals surface area contributed by atoms with E-state index in [-0.39, 0.29) is 5.97 Å². The van der Waals surface area contributed by atoms with Gasteiger partial charge in [0.2, 0.25) is 0 Å². The van der Waals surface area contributed by atoms with Crippen molar-refractivity contribution in [3.8, 4) is 5.75 Å². The molecular weight excluding hydrogens is 180 g/mol. The van der Waals surface area contributed by atoms with Crippen LogP contribution in [0.3, 0.4) is 0 Å². The largest absolute Gasteiger partial charge is 0.426 e. The maximum Gasteiger partial charge on any atom is 0.317 e. The highest BCUT2D eigenvalue weighted by molar-refractivity contribution is 5.81. The van der Waals surface area contributed by atoms with Gasteiger partial charge in [-0.3, -0.25) is 4.79 Å². The van der Waals surface area contributed by atoms with Gasteiger partial charge < -0.3 is 9.47 Å². The Kier molecular flexibility index (Phi) is 4.72. The minimum atomic E-state index is -0.385. The molecule has 75 valence electrons. The molecule has 0 amide bonds. The Bertz CT molecular complexity index is 269. The molecule has 0 aliphatic heterocycles. The molecule has 1 aromatic rings. The third-order valence-electron chi connectivity index (χ3n) is 1.53. The maximum absolute atomic E-state index is 11.1. The number of carbonyl (C=O) groups is 1. The van der Waals surface area contributed by atoms with Gasteiger partial charge in [0.25, 0.3) is 0 Å². The van der Waals surface area contributed by atoms with Crippen molar-refractivity contribution in [2.24, 2.45) is 0 Å². The van der Waals surface area contributed by atoms with E-state index in [0.717, 1.165) is 0 Å². The number of ether oxygens (including phenoxy) is 2. The Hall–Kier alpha value is -1.35. The molecule has 0 saturated heterocycles. The Morgan fingerprint density at radius 3 is 2.71 bits per heavy atom. The van der Waals surface area contributed by atoms with Gasteiger partial charge in [0, 0.05) is 6.61 Å². The SMILES string of the molecule is CCOC[CH]C(=O)Oc1ccccc1. The van der Waals surface area contributed by atoms with Crippen LogP contribution in [0.1, 0.15) is 6.92 Å². The van der Waals surface area contributed by atoms with E-state index < -0.39 is 0 Å². The summed E-state index contributed by atoms with van der Waals surface area (Å²) in [5, 5.41) is 0. The predicted octanol–water partition coefficient (Wildman–Crippen LogP) is 1.83. The van der Waals surface area contributed by atoms with Gasteiger partial charge >= 0.3 is 5.97 Å². The molecule has 14 heavy (non-hydrogen) atoms. The number of hydrogen-bond acceptors (Lipinski definition) is 3. The molecule has 1 aromatic carbocycles. The molecule has 0 saturated carbocycles. The molecule has 0 fully saturated rings. The van der Waals surface area contributed by atoms with Crippen molar-refractivity contribution in [3.63, 3.8) is 0 Å². The van der Waals surface area contributed by atoms with Gasteiger partial charge in [0.15, 0.2) is 0 Å². The Morgan fingerprint density at radius 1 is 1.36 bits per heavy atom. The monoisotopic (exact) mass is 193 g/mol. The lowest BCUT2D eigenvalue weighted by Gasteiger charge is -2.03. The van der Waals surface area contributed by atoms with Gasteiger partial charge in [-0.2, -0.15) is 0 Å². The molecule has 1 radical (unpaired) electrons. The van der Waals surface area contributed by atoms with Crippen LogP contribution in [-0.2, 0) is 9.53 Å². The lowest BCUT2D eigenvalue weighted by Crippen LogP contribution is -2.12. The molecule has 0 aromatic heterocycles. The minimum absolute atomic E-state index is 0.294. The van der Waals surface area contributed by atoms with Crippen molar-refractivity contribution in [1.29, 1.82) is 0 Å². The zero-order valence-electron chi connectivity index (χ0n) is 8.10. The van der Waals surface area contributed by atoms with Crippen LogP contribution in [-0.4, -0.2) is 19.2 Å². The smallest absolute Gasteiger partial charge is 0.317 e. The van der Waals surface area contributed by atoms with Gasteiger partial charge in [-0.25, -0.2) is 0 Å². The summed E-state index contributed by atoms with van der Waals surface area (Å²) in [7, 11) is 0. The summed E-state index contributed by atoms with van der Waals surface area (Å²) in [5.74, 6) is 0.162. The molecule has 0 bridgehead atoms. The number of rotatable bonds is 5. The van der Waals surface area contributed by atoms with E-state index in [0.29, 0.717) is 19.0 Å². The first-order valence-electron chi connectivity index (χ1n) is 4.50. The molecule has 0 spiro atoms. The van der Waals surface area contributed by atoms with Gasteiger partial charge in [0.05, 0.1) is 13.0 Å². The highest BCUT2D eigenvalue weighted by atomic mass is 16.5.